The molecule has 5 heteroatoms. The zero-order valence-electron chi connectivity index (χ0n) is 15.1. The van der Waals surface area contributed by atoms with Gasteiger partial charge in [0.05, 0.1) is 31.5 Å². The Labute approximate surface area is 148 Å². The van der Waals surface area contributed by atoms with Crippen LogP contribution in [0.2, 0.25) is 0 Å². The number of carbonyl (C=O) groups excluding carboxylic acids is 2. The third-order valence-electron chi connectivity index (χ3n) is 4.52. The van der Waals surface area contributed by atoms with Gasteiger partial charge in [-0.25, -0.2) is 0 Å². The van der Waals surface area contributed by atoms with Crippen molar-refractivity contribution in [1.82, 2.24) is 0 Å². The predicted molar refractivity (Wildman–Crippen MR) is 95.7 cm³/mol. The first-order valence-electron chi connectivity index (χ1n) is 8.78. The summed E-state index contributed by atoms with van der Waals surface area (Å²) >= 11 is 0. The van der Waals surface area contributed by atoms with Crippen molar-refractivity contribution < 1.29 is 24.2 Å². The van der Waals surface area contributed by atoms with Crippen LogP contribution in [0, 0.1) is 0 Å². The van der Waals surface area contributed by atoms with Crippen LogP contribution in [0.3, 0.4) is 0 Å². The van der Waals surface area contributed by atoms with Gasteiger partial charge in [-0.2, -0.15) is 0 Å². The summed E-state index contributed by atoms with van der Waals surface area (Å²) in [6.07, 6.45) is 7.70. The third kappa shape index (κ3) is 4.10. The van der Waals surface area contributed by atoms with Crippen LogP contribution in [0.5, 0.6) is 11.5 Å². The number of unbranched alkanes of at least 4 members (excludes halogenated alkanes) is 4. The lowest BCUT2D eigenvalue weighted by atomic mass is 9.88. The van der Waals surface area contributed by atoms with Crippen LogP contribution >= 0.6 is 0 Å². The molecular formula is C20H26O5. The molecule has 0 heterocycles. The quantitative estimate of drug-likeness (QED) is 0.683. The minimum Gasteiger partial charge on any atom is -0.496 e. The van der Waals surface area contributed by atoms with E-state index in [1.54, 1.807) is 6.07 Å². The van der Waals surface area contributed by atoms with E-state index in [2.05, 4.69) is 6.92 Å². The molecule has 1 aromatic carbocycles. The molecule has 1 unspecified atom stereocenters. The number of benzene rings is 1. The lowest BCUT2D eigenvalue weighted by Crippen LogP contribution is -2.17. The van der Waals surface area contributed by atoms with Gasteiger partial charge in [0.1, 0.15) is 11.5 Å². The Hall–Kier alpha value is -2.14. The number of methoxy groups -OCH3 is 2. The van der Waals surface area contributed by atoms with Gasteiger partial charge in [0, 0.05) is 5.56 Å². The van der Waals surface area contributed by atoms with Gasteiger partial charge in [-0.15, -0.1) is 0 Å². The summed E-state index contributed by atoms with van der Waals surface area (Å²) in [5.74, 6) is -0.0646. The normalized spacial score (nSPS) is 14.4. The van der Waals surface area contributed by atoms with Crippen LogP contribution in [0.25, 0.3) is 0 Å². The predicted octanol–water partition coefficient (Wildman–Crippen LogP) is 4.03. The fraction of sp³-hybridized carbons (Fsp3) is 0.500. The second-order valence-electron chi connectivity index (χ2n) is 6.23. The van der Waals surface area contributed by atoms with Gasteiger partial charge in [0.25, 0.3) is 0 Å². The number of rotatable bonds is 9. The molecule has 5 nitrogen and oxygen atoms in total. The summed E-state index contributed by atoms with van der Waals surface area (Å²) in [7, 11) is 2.88. The van der Waals surface area contributed by atoms with Crippen molar-refractivity contribution in [3.8, 4) is 11.5 Å². The zero-order chi connectivity index (χ0) is 18.4. The lowest BCUT2D eigenvalue weighted by molar-refractivity contribution is 0.0987. The highest BCUT2D eigenvalue weighted by Crippen LogP contribution is 2.41. The van der Waals surface area contributed by atoms with Crippen LogP contribution in [-0.2, 0) is 0 Å². The fourth-order valence-electron chi connectivity index (χ4n) is 3.18. The van der Waals surface area contributed by atoms with Crippen molar-refractivity contribution >= 4 is 11.6 Å². The molecule has 0 aromatic heterocycles. The van der Waals surface area contributed by atoms with E-state index in [0.29, 0.717) is 17.7 Å². The fourth-order valence-corrected chi connectivity index (χ4v) is 3.18. The zero-order valence-corrected chi connectivity index (χ0v) is 15.1. The molecule has 1 aliphatic rings. The van der Waals surface area contributed by atoms with E-state index in [4.69, 9.17) is 9.47 Å². The Bertz CT molecular complexity index is 675. The van der Waals surface area contributed by atoms with Crippen molar-refractivity contribution in [1.29, 1.82) is 0 Å². The number of allylic oxidation sites excluding steroid dienone is 2. The molecule has 25 heavy (non-hydrogen) atoms. The first kappa shape index (κ1) is 19.2. The van der Waals surface area contributed by atoms with E-state index < -0.39 is 6.10 Å². The Morgan fingerprint density at radius 3 is 2.20 bits per heavy atom. The number of hydrogen-bond donors (Lipinski definition) is 1. The first-order chi connectivity index (χ1) is 12.0. The molecule has 1 atom stereocenters. The highest BCUT2D eigenvalue weighted by Gasteiger charge is 2.31. The van der Waals surface area contributed by atoms with Crippen molar-refractivity contribution in [3.05, 3.63) is 34.9 Å². The Balaban J connectivity index is 2.34. The number of ether oxygens (including phenoxy) is 2. The number of carbonyl (C=O) groups is 2. The van der Waals surface area contributed by atoms with Crippen molar-refractivity contribution in [2.45, 2.75) is 51.6 Å². The Morgan fingerprint density at radius 1 is 0.960 bits per heavy atom. The van der Waals surface area contributed by atoms with E-state index in [-0.39, 0.29) is 28.4 Å². The van der Waals surface area contributed by atoms with Gasteiger partial charge in [-0.3, -0.25) is 9.59 Å². The van der Waals surface area contributed by atoms with Gasteiger partial charge in [-0.1, -0.05) is 39.0 Å². The van der Waals surface area contributed by atoms with Crippen LogP contribution in [0.4, 0.5) is 0 Å². The third-order valence-corrected chi connectivity index (χ3v) is 4.52. The second kappa shape index (κ2) is 8.81. The van der Waals surface area contributed by atoms with Crippen LogP contribution in [-0.4, -0.2) is 30.9 Å². The van der Waals surface area contributed by atoms with Crippen molar-refractivity contribution in [2.24, 2.45) is 0 Å². The molecule has 0 aliphatic heterocycles. The molecule has 0 amide bonds. The second-order valence-corrected chi connectivity index (χ2v) is 6.23. The van der Waals surface area contributed by atoms with Gasteiger partial charge in [0.2, 0.25) is 0 Å². The summed E-state index contributed by atoms with van der Waals surface area (Å²) in [5.41, 5.74) is 0.866. The number of hydrogen-bond acceptors (Lipinski definition) is 5. The molecule has 2 rings (SSSR count). The highest BCUT2D eigenvalue weighted by molar-refractivity contribution is 6.24. The van der Waals surface area contributed by atoms with Crippen LogP contribution < -0.4 is 9.47 Å². The maximum atomic E-state index is 12.3. The smallest absolute Gasteiger partial charge is 0.190 e. The molecule has 0 saturated heterocycles. The van der Waals surface area contributed by atoms with Gasteiger partial charge >= 0.3 is 0 Å². The monoisotopic (exact) mass is 346 g/mol. The molecule has 0 radical (unpaired) electrons. The molecule has 0 fully saturated rings. The molecule has 1 aromatic rings. The van der Waals surface area contributed by atoms with E-state index in [1.165, 1.54) is 39.2 Å². The molecule has 1 aliphatic carbocycles. The van der Waals surface area contributed by atoms with Crippen LogP contribution in [0.15, 0.2) is 18.2 Å². The van der Waals surface area contributed by atoms with Crippen molar-refractivity contribution in [2.75, 3.05) is 14.2 Å². The standard InChI is InChI=1S/C20H26O5/c1-4-5-6-7-8-9-14(21)13-12-17(24-2)18-15(22)10-11-16(23)19(18)20(13)25-3/h10-12,14,21H,4-9H2,1-3H3. The number of aliphatic hydroxyl groups is 1. The van der Waals surface area contributed by atoms with E-state index in [1.807, 2.05) is 0 Å². The van der Waals surface area contributed by atoms with Crippen LogP contribution in [0.1, 0.15) is 77.8 Å². The minimum atomic E-state index is -0.774. The van der Waals surface area contributed by atoms with E-state index in [0.717, 1.165) is 19.3 Å². The highest BCUT2D eigenvalue weighted by atomic mass is 16.5. The number of fused-ring (bicyclic) bond motifs is 1. The molecule has 1 N–H and O–H groups in total. The summed E-state index contributed by atoms with van der Waals surface area (Å²) in [6, 6.07) is 1.61. The Kier molecular flexibility index (Phi) is 6.76. The van der Waals surface area contributed by atoms with Gasteiger partial charge < -0.3 is 14.6 Å². The average Bonchev–Trinajstić information content (AvgIpc) is 2.62. The van der Waals surface area contributed by atoms with Gasteiger partial charge in [-0.05, 0) is 24.6 Å². The number of ketones is 2. The summed E-state index contributed by atoms with van der Waals surface area (Å²) < 4.78 is 10.7. The molecule has 0 bridgehead atoms. The summed E-state index contributed by atoms with van der Waals surface area (Å²) in [5, 5.41) is 10.6. The maximum Gasteiger partial charge on any atom is 0.190 e. The van der Waals surface area contributed by atoms with E-state index in [9.17, 15) is 14.7 Å². The average molecular weight is 346 g/mol. The SMILES string of the molecule is CCCCCCCC(O)c1cc(OC)c2c(c1OC)C(=O)C=CC2=O. The minimum absolute atomic E-state index is 0.175. The number of aliphatic hydroxyl groups excluding tert-OH is 1. The molecule has 0 spiro atoms. The lowest BCUT2D eigenvalue weighted by Gasteiger charge is -2.22. The molecule has 0 saturated carbocycles. The van der Waals surface area contributed by atoms with Crippen molar-refractivity contribution in [3.63, 3.8) is 0 Å². The largest absolute Gasteiger partial charge is 0.496 e. The first-order valence-corrected chi connectivity index (χ1v) is 8.78. The Morgan fingerprint density at radius 2 is 1.60 bits per heavy atom. The topological polar surface area (TPSA) is 72.8 Å². The summed E-state index contributed by atoms with van der Waals surface area (Å²) in [6.45, 7) is 2.16. The molecule has 136 valence electrons. The van der Waals surface area contributed by atoms with E-state index >= 15 is 0 Å². The van der Waals surface area contributed by atoms with Gasteiger partial charge in [0.15, 0.2) is 11.6 Å². The summed E-state index contributed by atoms with van der Waals surface area (Å²) in [4.78, 5) is 24.5. The molecular weight excluding hydrogens is 320 g/mol. The maximum absolute atomic E-state index is 12.3.